The van der Waals surface area contributed by atoms with E-state index in [4.69, 9.17) is 0 Å². The zero-order valence-corrected chi connectivity index (χ0v) is 11.3. The van der Waals surface area contributed by atoms with Crippen LogP contribution in [0.15, 0.2) is 30.6 Å². The third kappa shape index (κ3) is 3.61. The molecule has 1 aromatic carbocycles. The lowest BCUT2D eigenvalue weighted by atomic mass is 10.1. The maximum Gasteiger partial charge on any atom is 0.140 e. The highest BCUT2D eigenvalue weighted by Gasteiger charge is 2.08. The summed E-state index contributed by atoms with van der Waals surface area (Å²) in [5.41, 5.74) is 0.932. The number of benzene rings is 1. The van der Waals surface area contributed by atoms with E-state index in [0.29, 0.717) is 6.54 Å². The Balaban J connectivity index is 1.96. The summed E-state index contributed by atoms with van der Waals surface area (Å²) >= 11 is 0. The molecule has 0 unspecified atom stereocenters. The van der Waals surface area contributed by atoms with Crippen LogP contribution in [0.4, 0.5) is 4.39 Å². The van der Waals surface area contributed by atoms with Gasteiger partial charge in [-0.15, -0.1) is 0 Å². The molecule has 1 N–H and O–H groups in total. The summed E-state index contributed by atoms with van der Waals surface area (Å²) < 4.78 is 15.0. The predicted molar refractivity (Wildman–Crippen MR) is 72.0 cm³/mol. The minimum Gasteiger partial charge on any atom is -0.303 e. The summed E-state index contributed by atoms with van der Waals surface area (Å²) in [7, 11) is 0. The molecule has 0 bridgehead atoms. The summed E-state index contributed by atoms with van der Waals surface area (Å²) in [5, 5.41) is 7.51. The van der Waals surface area contributed by atoms with Crippen LogP contribution in [-0.4, -0.2) is 14.8 Å². The summed E-state index contributed by atoms with van der Waals surface area (Å²) in [6.45, 7) is 5.60. The van der Waals surface area contributed by atoms with Crippen LogP contribution in [0.2, 0.25) is 0 Å². The molecule has 0 fully saturated rings. The average molecular weight is 262 g/mol. The van der Waals surface area contributed by atoms with Crippen molar-refractivity contribution in [1.82, 2.24) is 20.1 Å². The number of rotatable bonds is 6. The molecule has 0 aliphatic rings. The second-order valence-electron chi connectivity index (χ2n) is 4.56. The Kier molecular flexibility index (Phi) is 4.63. The molecule has 0 radical (unpaired) electrons. The van der Waals surface area contributed by atoms with Gasteiger partial charge >= 0.3 is 0 Å². The predicted octanol–water partition coefficient (Wildman–Crippen LogP) is 2.68. The van der Waals surface area contributed by atoms with Crippen LogP contribution in [0.25, 0.3) is 0 Å². The highest BCUT2D eigenvalue weighted by molar-refractivity contribution is 5.19. The van der Waals surface area contributed by atoms with E-state index >= 15 is 0 Å². The number of halogens is 1. The first-order chi connectivity index (χ1) is 9.20. The van der Waals surface area contributed by atoms with Crippen LogP contribution in [0, 0.1) is 5.82 Å². The molecule has 102 valence electrons. The summed E-state index contributed by atoms with van der Waals surface area (Å²) in [6, 6.07) is 6.71. The van der Waals surface area contributed by atoms with Crippen molar-refractivity contribution in [2.75, 3.05) is 0 Å². The van der Waals surface area contributed by atoms with Crippen molar-refractivity contribution in [3.05, 3.63) is 47.8 Å². The molecule has 4 nitrogen and oxygen atoms in total. The SMILES string of the molecule is CCCn1ncnc1CN[C@@H](C)c1cccc(F)c1. The fourth-order valence-corrected chi connectivity index (χ4v) is 1.96. The maximum absolute atomic E-state index is 13.2. The van der Waals surface area contributed by atoms with E-state index in [2.05, 4.69) is 22.3 Å². The quantitative estimate of drug-likeness (QED) is 0.870. The summed E-state index contributed by atoms with van der Waals surface area (Å²) in [6.07, 6.45) is 2.59. The van der Waals surface area contributed by atoms with Gasteiger partial charge in [-0.25, -0.2) is 14.1 Å². The maximum atomic E-state index is 13.2. The van der Waals surface area contributed by atoms with Crippen LogP contribution < -0.4 is 5.32 Å². The van der Waals surface area contributed by atoms with Gasteiger partial charge in [0.05, 0.1) is 6.54 Å². The summed E-state index contributed by atoms with van der Waals surface area (Å²) in [5.74, 6) is 0.699. The van der Waals surface area contributed by atoms with Crippen molar-refractivity contribution in [2.24, 2.45) is 0 Å². The minimum atomic E-state index is -0.208. The van der Waals surface area contributed by atoms with E-state index in [9.17, 15) is 4.39 Å². The third-order valence-corrected chi connectivity index (χ3v) is 3.05. The van der Waals surface area contributed by atoms with Gasteiger partial charge in [0, 0.05) is 12.6 Å². The Morgan fingerprint density at radius 1 is 1.42 bits per heavy atom. The molecule has 0 saturated heterocycles. The zero-order chi connectivity index (χ0) is 13.7. The molecule has 0 aliphatic heterocycles. The van der Waals surface area contributed by atoms with Gasteiger partial charge < -0.3 is 5.32 Å². The van der Waals surface area contributed by atoms with Crippen LogP contribution in [0.1, 0.15) is 37.7 Å². The van der Waals surface area contributed by atoms with Gasteiger partial charge in [-0.1, -0.05) is 19.1 Å². The minimum absolute atomic E-state index is 0.0717. The molecule has 19 heavy (non-hydrogen) atoms. The van der Waals surface area contributed by atoms with Crippen molar-refractivity contribution >= 4 is 0 Å². The standard InChI is InChI=1S/C14H19FN4/c1-3-7-19-14(17-10-18-19)9-16-11(2)12-5-4-6-13(15)8-12/h4-6,8,10-11,16H,3,7,9H2,1-2H3/t11-/m0/s1. The Hall–Kier alpha value is -1.75. The Bertz CT molecular complexity index is 524. The molecule has 1 aromatic heterocycles. The van der Waals surface area contributed by atoms with Gasteiger partial charge in [0.2, 0.25) is 0 Å². The number of hydrogen-bond acceptors (Lipinski definition) is 3. The number of aromatic nitrogens is 3. The molecule has 1 heterocycles. The van der Waals surface area contributed by atoms with Gasteiger partial charge in [0.25, 0.3) is 0 Å². The molecule has 0 spiro atoms. The van der Waals surface area contributed by atoms with Gasteiger partial charge in [-0.05, 0) is 31.0 Å². The second kappa shape index (κ2) is 6.43. The lowest BCUT2D eigenvalue weighted by Gasteiger charge is -2.14. The van der Waals surface area contributed by atoms with Gasteiger partial charge in [0.15, 0.2) is 0 Å². The van der Waals surface area contributed by atoms with E-state index < -0.39 is 0 Å². The van der Waals surface area contributed by atoms with E-state index in [0.717, 1.165) is 24.4 Å². The van der Waals surface area contributed by atoms with Crippen LogP contribution >= 0.6 is 0 Å². The van der Waals surface area contributed by atoms with Gasteiger partial charge in [-0.3, -0.25) is 0 Å². The molecule has 2 aromatic rings. The van der Waals surface area contributed by atoms with E-state index in [-0.39, 0.29) is 11.9 Å². The molecule has 1 atom stereocenters. The molecular formula is C14H19FN4. The molecule has 0 amide bonds. The Labute approximate surface area is 112 Å². The fourth-order valence-electron chi connectivity index (χ4n) is 1.96. The smallest absolute Gasteiger partial charge is 0.140 e. The number of nitrogens with zero attached hydrogens (tertiary/aromatic N) is 3. The van der Waals surface area contributed by atoms with E-state index in [1.807, 2.05) is 17.7 Å². The van der Waals surface area contributed by atoms with Crippen molar-refractivity contribution in [3.63, 3.8) is 0 Å². The Morgan fingerprint density at radius 2 is 2.26 bits per heavy atom. The first-order valence-electron chi connectivity index (χ1n) is 6.56. The Morgan fingerprint density at radius 3 is 3.00 bits per heavy atom. The molecule has 0 saturated carbocycles. The lowest BCUT2D eigenvalue weighted by molar-refractivity contribution is 0.507. The molecule has 5 heteroatoms. The number of hydrogen-bond donors (Lipinski definition) is 1. The summed E-state index contributed by atoms with van der Waals surface area (Å²) in [4.78, 5) is 4.23. The first-order valence-corrected chi connectivity index (χ1v) is 6.56. The fraction of sp³-hybridized carbons (Fsp3) is 0.429. The normalized spacial score (nSPS) is 12.6. The highest BCUT2D eigenvalue weighted by atomic mass is 19.1. The highest BCUT2D eigenvalue weighted by Crippen LogP contribution is 2.13. The number of nitrogens with one attached hydrogen (secondary N) is 1. The molecular weight excluding hydrogens is 243 g/mol. The van der Waals surface area contributed by atoms with Crippen molar-refractivity contribution in [1.29, 1.82) is 0 Å². The lowest BCUT2D eigenvalue weighted by Crippen LogP contribution is -2.21. The topological polar surface area (TPSA) is 42.7 Å². The van der Waals surface area contributed by atoms with Gasteiger partial charge in [0.1, 0.15) is 18.0 Å². The molecule has 0 aliphatic carbocycles. The van der Waals surface area contributed by atoms with Crippen molar-refractivity contribution in [3.8, 4) is 0 Å². The van der Waals surface area contributed by atoms with Crippen LogP contribution in [0.5, 0.6) is 0 Å². The molecule has 2 rings (SSSR count). The van der Waals surface area contributed by atoms with E-state index in [1.54, 1.807) is 18.5 Å². The third-order valence-electron chi connectivity index (χ3n) is 3.05. The van der Waals surface area contributed by atoms with Crippen molar-refractivity contribution in [2.45, 2.75) is 39.4 Å². The monoisotopic (exact) mass is 262 g/mol. The average Bonchev–Trinajstić information content (AvgIpc) is 2.84. The first kappa shape index (κ1) is 13.7. The van der Waals surface area contributed by atoms with Crippen LogP contribution in [0.3, 0.4) is 0 Å². The number of aryl methyl sites for hydroxylation is 1. The van der Waals surface area contributed by atoms with Crippen LogP contribution in [-0.2, 0) is 13.1 Å². The largest absolute Gasteiger partial charge is 0.303 e. The van der Waals surface area contributed by atoms with Crippen molar-refractivity contribution < 1.29 is 4.39 Å². The van der Waals surface area contributed by atoms with E-state index in [1.165, 1.54) is 6.07 Å². The van der Waals surface area contributed by atoms with Gasteiger partial charge in [-0.2, -0.15) is 5.10 Å². The second-order valence-corrected chi connectivity index (χ2v) is 4.56. The zero-order valence-electron chi connectivity index (χ0n) is 11.3.